The minimum atomic E-state index is -0.155. The van der Waals surface area contributed by atoms with Gasteiger partial charge < -0.3 is 15.0 Å². The van der Waals surface area contributed by atoms with Crippen LogP contribution in [-0.4, -0.2) is 29.0 Å². The number of aromatic nitrogens is 2. The van der Waals surface area contributed by atoms with Crippen molar-refractivity contribution in [1.82, 2.24) is 9.97 Å². The first-order valence-electron chi connectivity index (χ1n) is 9.84. The zero-order valence-corrected chi connectivity index (χ0v) is 17.2. The van der Waals surface area contributed by atoms with Crippen molar-refractivity contribution in [1.29, 1.82) is 0 Å². The lowest BCUT2D eigenvalue weighted by molar-refractivity contribution is 0.102. The summed E-state index contributed by atoms with van der Waals surface area (Å²) in [5.41, 5.74) is 2.24. The van der Waals surface area contributed by atoms with Crippen LogP contribution in [0.15, 0.2) is 48.0 Å². The Kier molecular flexibility index (Phi) is 6.05. The van der Waals surface area contributed by atoms with E-state index >= 15 is 0 Å². The van der Waals surface area contributed by atoms with Gasteiger partial charge in [0.15, 0.2) is 5.82 Å². The van der Waals surface area contributed by atoms with E-state index in [1.165, 1.54) is 6.42 Å². The van der Waals surface area contributed by atoms with Crippen LogP contribution in [0.1, 0.15) is 40.3 Å². The molecule has 0 atom stereocenters. The number of ether oxygens (including phenoxy) is 1. The van der Waals surface area contributed by atoms with E-state index in [0.29, 0.717) is 17.9 Å². The van der Waals surface area contributed by atoms with Crippen LogP contribution >= 0.6 is 11.3 Å². The first-order valence-corrected chi connectivity index (χ1v) is 10.7. The highest BCUT2D eigenvalue weighted by Crippen LogP contribution is 2.26. The van der Waals surface area contributed by atoms with E-state index in [9.17, 15) is 4.79 Å². The molecule has 1 amide bonds. The van der Waals surface area contributed by atoms with Crippen LogP contribution in [0.4, 0.5) is 11.5 Å². The van der Waals surface area contributed by atoms with Gasteiger partial charge in [-0.2, -0.15) is 0 Å². The Labute approximate surface area is 174 Å². The summed E-state index contributed by atoms with van der Waals surface area (Å²) in [7, 11) is 0. The molecule has 1 aromatic carbocycles. The molecule has 1 N–H and O–H groups in total. The van der Waals surface area contributed by atoms with Crippen LogP contribution in [-0.2, 0) is 6.61 Å². The molecule has 7 heteroatoms. The summed E-state index contributed by atoms with van der Waals surface area (Å²) in [5, 5.41) is 6.03. The van der Waals surface area contributed by atoms with Crippen molar-refractivity contribution in [2.45, 2.75) is 32.8 Å². The van der Waals surface area contributed by atoms with Gasteiger partial charge in [0.1, 0.15) is 12.4 Å². The topological polar surface area (TPSA) is 67.3 Å². The maximum atomic E-state index is 12.7. The summed E-state index contributed by atoms with van der Waals surface area (Å²) in [6, 6.07) is 10.9. The Hall–Kier alpha value is -2.93. The number of rotatable bonds is 6. The standard InChI is InChI=1S/C22H24N4O2S/c1-16-24-18(15-29-16)14-28-19-9-7-17(8-10-19)22(27)25-20-6-5-11-23-21(20)26-12-3-2-4-13-26/h5-11,15H,2-4,12-14H2,1H3,(H,25,27). The molecule has 29 heavy (non-hydrogen) atoms. The molecule has 150 valence electrons. The largest absolute Gasteiger partial charge is 0.487 e. The molecular weight excluding hydrogens is 384 g/mol. The summed E-state index contributed by atoms with van der Waals surface area (Å²) in [4.78, 5) is 23.9. The highest BCUT2D eigenvalue weighted by molar-refractivity contribution is 7.09. The van der Waals surface area contributed by atoms with Gasteiger partial charge in [-0.25, -0.2) is 9.97 Å². The number of aryl methyl sites for hydroxylation is 1. The average Bonchev–Trinajstić information content (AvgIpc) is 3.19. The van der Waals surface area contributed by atoms with Gasteiger partial charge in [0.05, 0.1) is 16.4 Å². The molecule has 0 bridgehead atoms. The molecule has 1 aliphatic rings. The van der Waals surface area contributed by atoms with Crippen LogP contribution in [0.25, 0.3) is 0 Å². The van der Waals surface area contributed by atoms with Gasteiger partial charge in [-0.05, 0) is 62.6 Å². The van der Waals surface area contributed by atoms with E-state index in [-0.39, 0.29) is 5.91 Å². The second-order valence-electron chi connectivity index (χ2n) is 7.05. The van der Waals surface area contributed by atoms with E-state index in [0.717, 1.165) is 48.1 Å². The molecule has 0 unspecified atom stereocenters. The third-order valence-electron chi connectivity index (χ3n) is 4.86. The minimum absolute atomic E-state index is 0.155. The van der Waals surface area contributed by atoms with Gasteiger partial charge in [0, 0.05) is 30.2 Å². The van der Waals surface area contributed by atoms with Gasteiger partial charge in [-0.1, -0.05) is 0 Å². The second kappa shape index (κ2) is 9.05. The average molecular weight is 409 g/mol. The van der Waals surface area contributed by atoms with Gasteiger partial charge in [-0.3, -0.25) is 4.79 Å². The van der Waals surface area contributed by atoms with Gasteiger partial charge in [0.25, 0.3) is 5.91 Å². The molecule has 0 saturated carbocycles. The maximum Gasteiger partial charge on any atom is 0.255 e. The predicted molar refractivity (Wildman–Crippen MR) is 116 cm³/mol. The zero-order chi connectivity index (χ0) is 20.1. The fourth-order valence-corrected chi connectivity index (χ4v) is 3.98. The summed E-state index contributed by atoms with van der Waals surface area (Å²) < 4.78 is 5.75. The van der Waals surface area contributed by atoms with Crippen LogP contribution in [0.2, 0.25) is 0 Å². The number of anilines is 2. The summed E-state index contributed by atoms with van der Waals surface area (Å²) in [6.07, 6.45) is 5.34. The van der Waals surface area contributed by atoms with Crippen molar-refractivity contribution in [3.8, 4) is 5.75 Å². The number of amides is 1. The van der Waals surface area contributed by atoms with Crippen molar-refractivity contribution in [2.24, 2.45) is 0 Å². The molecule has 0 aliphatic carbocycles. The normalized spacial score (nSPS) is 13.9. The monoisotopic (exact) mass is 408 g/mol. The number of hydrogen-bond acceptors (Lipinski definition) is 6. The van der Waals surface area contributed by atoms with Crippen LogP contribution < -0.4 is 15.0 Å². The number of nitrogens with zero attached hydrogens (tertiary/aromatic N) is 3. The van der Waals surface area contributed by atoms with Crippen molar-refractivity contribution < 1.29 is 9.53 Å². The fourth-order valence-electron chi connectivity index (χ4n) is 3.38. The van der Waals surface area contributed by atoms with Crippen molar-refractivity contribution in [3.05, 3.63) is 64.2 Å². The molecule has 4 rings (SSSR count). The van der Waals surface area contributed by atoms with Crippen molar-refractivity contribution in [2.75, 3.05) is 23.3 Å². The number of pyridine rings is 1. The SMILES string of the molecule is Cc1nc(COc2ccc(C(=O)Nc3cccnc3N3CCCCC3)cc2)cs1. The first-order chi connectivity index (χ1) is 14.2. The van der Waals surface area contributed by atoms with Gasteiger partial charge >= 0.3 is 0 Å². The number of carbonyl (C=O) groups excluding carboxylic acids is 1. The van der Waals surface area contributed by atoms with E-state index in [1.807, 2.05) is 36.6 Å². The number of hydrogen-bond donors (Lipinski definition) is 1. The van der Waals surface area contributed by atoms with Crippen LogP contribution in [0.3, 0.4) is 0 Å². The summed E-state index contributed by atoms with van der Waals surface area (Å²) in [6.45, 7) is 4.35. The molecule has 0 radical (unpaired) electrons. The molecule has 2 aromatic heterocycles. The number of thiazole rings is 1. The second-order valence-corrected chi connectivity index (χ2v) is 8.11. The van der Waals surface area contributed by atoms with Gasteiger partial charge in [-0.15, -0.1) is 11.3 Å². The number of benzene rings is 1. The Balaban J connectivity index is 1.40. The maximum absolute atomic E-state index is 12.7. The van der Waals surface area contributed by atoms with Gasteiger partial charge in [0.2, 0.25) is 0 Å². The predicted octanol–water partition coefficient (Wildman–Crippen LogP) is 4.67. The number of carbonyl (C=O) groups is 1. The highest BCUT2D eigenvalue weighted by atomic mass is 32.1. The highest BCUT2D eigenvalue weighted by Gasteiger charge is 2.17. The van der Waals surface area contributed by atoms with E-state index in [2.05, 4.69) is 20.2 Å². The zero-order valence-electron chi connectivity index (χ0n) is 16.4. The van der Waals surface area contributed by atoms with E-state index < -0.39 is 0 Å². The number of piperidine rings is 1. The van der Waals surface area contributed by atoms with Crippen LogP contribution in [0, 0.1) is 6.92 Å². The fraction of sp³-hybridized carbons (Fsp3) is 0.318. The molecule has 1 aliphatic heterocycles. The molecular formula is C22H24N4O2S. The lowest BCUT2D eigenvalue weighted by atomic mass is 10.1. The molecule has 6 nitrogen and oxygen atoms in total. The molecule has 3 heterocycles. The lowest BCUT2D eigenvalue weighted by Gasteiger charge is -2.29. The molecule has 3 aromatic rings. The Morgan fingerprint density at radius 2 is 1.97 bits per heavy atom. The smallest absolute Gasteiger partial charge is 0.255 e. The Morgan fingerprint density at radius 3 is 2.69 bits per heavy atom. The lowest BCUT2D eigenvalue weighted by Crippen LogP contribution is -2.31. The molecule has 1 saturated heterocycles. The van der Waals surface area contributed by atoms with E-state index in [1.54, 1.807) is 29.7 Å². The third kappa shape index (κ3) is 4.92. The Morgan fingerprint density at radius 1 is 1.17 bits per heavy atom. The number of nitrogens with one attached hydrogen (secondary N) is 1. The third-order valence-corrected chi connectivity index (χ3v) is 5.68. The summed E-state index contributed by atoms with van der Waals surface area (Å²) in [5.74, 6) is 1.40. The quantitative estimate of drug-likeness (QED) is 0.642. The summed E-state index contributed by atoms with van der Waals surface area (Å²) >= 11 is 1.61. The van der Waals surface area contributed by atoms with Crippen molar-refractivity contribution >= 4 is 28.7 Å². The van der Waals surface area contributed by atoms with Crippen LogP contribution in [0.5, 0.6) is 5.75 Å². The molecule has 1 fully saturated rings. The van der Waals surface area contributed by atoms with Crippen molar-refractivity contribution in [3.63, 3.8) is 0 Å². The first kappa shape index (κ1) is 19.4. The minimum Gasteiger partial charge on any atom is -0.487 e. The van der Waals surface area contributed by atoms with E-state index in [4.69, 9.17) is 4.74 Å². The Bertz CT molecular complexity index is 965. The molecule has 0 spiro atoms.